The number of allylic oxidation sites excluding steroid dienone is 2. The molecular weight excluding hydrogens is 292 g/mol. The lowest BCUT2D eigenvalue weighted by atomic mass is 10.3. The van der Waals surface area contributed by atoms with E-state index in [1.165, 1.54) is 17.6 Å². The second kappa shape index (κ2) is 9.76. The Morgan fingerprint density at radius 1 is 1.43 bits per heavy atom. The maximum atomic E-state index is 10.9. The van der Waals surface area contributed by atoms with Gasteiger partial charge in [0.15, 0.2) is 0 Å². The van der Waals surface area contributed by atoms with Crippen LogP contribution >= 0.6 is 0 Å². The Bertz CT molecular complexity index is 588. The van der Waals surface area contributed by atoms with Gasteiger partial charge in [-0.25, -0.2) is 10.5 Å². The van der Waals surface area contributed by atoms with Crippen molar-refractivity contribution in [2.75, 3.05) is 13.1 Å². The lowest BCUT2D eigenvalue weighted by Gasteiger charge is -2.20. The zero-order valence-corrected chi connectivity index (χ0v) is 14.1. The smallest absolute Gasteiger partial charge is 0.267 e. The van der Waals surface area contributed by atoms with E-state index in [4.69, 9.17) is 5.21 Å². The van der Waals surface area contributed by atoms with E-state index >= 15 is 0 Å². The fourth-order valence-corrected chi connectivity index (χ4v) is 2.31. The summed E-state index contributed by atoms with van der Waals surface area (Å²) in [7, 11) is 0. The number of hydrogen-bond donors (Lipinski definition) is 2. The molecule has 1 aromatic rings. The summed E-state index contributed by atoms with van der Waals surface area (Å²) in [6.45, 7) is 13.0. The van der Waals surface area contributed by atoms with Gasteiger partial charge in [0.25, 0.3) is 5.91 Å². The number of rotatable bonds is 9. The molecule has 0 bridgehead atoms. The van der Waals surface area contributed by atoms with Gasteiger partial charge in [-0.05, 0) is 32.5 Å². The summed E-state index contributed by atoms with van der Waals surface area (Å²) in [4.78, 5) is 17.8. The van der Waals surface area contributed by atoms with Crippen LogP contribution in [0.2, 0.25) is 0 Å². The lowest BCUT2D eigenvalue weighted by Crippen LogP contribution is -2.25. The Balaban J connectivity index is 2.97. The topological polar surface area (TPSA) is 70.4 Å². The van der Waals surface area contributed by atoms with E-state index in [-0.39, 0.29) is 0 Å². The number of aryl methyl sites for hydroxylation is 1. The van der Waals surface area contributed by atoms with Gasteiger partial charge in [0.05, 0.1) is 11.4 Å². The highest BCUT2D eigenvalue weighted by Gasteiger charge is 2.13. The van der Waals surface area contributed by atoms with Crippen LogP contribution < -0.4 is 5.48 Å². The Morgan fingerprint density at radius 2 is 2.17 bits per heavy atom. The van der Waals surface area contributed by atoms with E-state index in [0.717, 1.165) is 43.3 Å². The predicted molar refractivity (Wildman–Crippen MR) is 92.7 cm³/mol. The highest BCUT2D eigenvalue weighted by atomic mass is 16.5. The number of carbonyl (C=O) groups is 1. The fraction of sp³-hybridized carbons (Fsp3) is 0.412. The van der Waals surface area contributed by atoms with Crippen LogP contribution in [-0.2, 0) is 11.3 Å². The Morgan fingerprint density at radius 3 is 2.74 bits per heavy atom. The Kier molecular flexibility index (Phi) is 8.01. The van der Waals surface area contributed by atoms with Crippen molar-refractivity contribution in [1.29, 1.82) is 0 Å². The summed E-state index contributed by atoms with van der Waals surface area (Å²) in [5, 5.41) is 8.41. The van der Waals surface area contributed by atoms with E-state index in [1.54, 1.807) is 18.4 Å². The molecule has 0 saturated carbocycles. The molecule has 0 aliphatic heterocycles. The zero-order valence-electron chi connectivity index (χ0n) is 14.1. The number of nitrogens with zero attached hydrogens (tertiary/aromatic N) is 3. The molecule has 126 valence electrons. The molecule has 23 heavy (non-hydrogen) atoms. The molecule has 0 radical (unpaired) electrons. The molecule has 1 amide bonds. The van der Waals surface area contributed by atoms with Crippen LogP contribution in [0, 0.1) is 6.92 Å². The van der Waals surface area contributed by atoms with Crippen LogP contribution in [0.3, 0.4) is 0 Å². The number of imidazole rings is 1. The number of hydroxylamine groups is 1. The minimum Gasteiger partial charge on any atom is -0.303 e. The average Bonchev–Trinajstić information content (AvgIpc) is 2.85. The minimum atomic E-state index is -0.572. The maximum absolute atomic E-state index is 10.9. The van der Waals surface area contributed by atoms with E-state index in [9.17, 15) is 4.79 Å². The lowest BCUT2D eigenvalue weighted by molar-refractivity contribution is -0.124. The van der Waals surface area contributed by atoms with Crippen molar-refractivity contribution < 1.29 is 10.0 Å². The number of hydrogen-bond acceptors (Lipinski definition) is 4. The highest BCUT2D eigenvalue weighted by Crippen LogP contribution is 2.16. The van der Waals surface area contributed by atoms with Gasteiger partial charge < -0.3 is 4.57 Å². The second-order valence-electron chi connectivity index (χ2n) is 5.12. The summed E-state index contributed by atoms with van der Waals surface area (Å²) in [5.41, 5.74) is 3.62. The molecule has 0 aliphatic carbocycles. The van der Waals surface area contributed by atoms with Crippen molar-refractivity contribution in [2.45, 2.75) is 33.7 Å². The van der Waals surface area contributed by atoms with Gasteiger partial charge in [0.2, 0.25) is 0 Å². The number of aromatic nitrogens is 2. The first kappa shape index (κ1) is 18.9. The molecule has 0 saturated heterocycles. The van der Waals surface area contributed by atoms with Crippen LogP contribution in [-0.4, -0.2) is 38.7 Å². The first-order valence-corrected chi connectivity index (χ1v) is 7.78. The maximum Gasteiger partial charge on any atom is 0.267 e. The minimum absolute atomic E-state index is 0.572. The molecule has 0 spiro atoms. The number of nitrogens with one attached hydrogen (secondary N) is 1. The van der Waals surface area contributed by atoms with Crippen LogP contribution in [0.4, 0.5) is 0 Å². The van der Waals surface area contributed by atoms with Gasteiger partial charge in [-0.15, -0.1) is 0 Å². The molecule has 0 unspecified atom stereocenters. The van der Waals surface area contributed by atoms with Gasteiger partial charge in [0.1, 0.15) is 5.82 Å². The van der Waals surface area contributed by atoms with Gasteiger partial charge in [0, 0.05) is 18.8 Å². The first-order valence-electron chi connectivity index (χ1n) is 7.78. The molecule has 1 rings (SSSR count). The van der Waals surface area contributed by atoms with Crippen molar-refractivity contribution in [3.05, 3.63) is 42.0 Å². The van der Waals surface area contributed by atoms with Gasteiger partial charge in [-0.3, -0.25) is 14.9 Å². The molecule has 2 N–H and O–H groups in total. The summed E-state index contributed by atoms with van der Waals surface area (Å²) < 4.78 is 1.96. The van der Waals surface area contributed by atoms with E-state index in [0.29, 0.717) is 0 Å². The second-order valence-corrected chi connectivity index (χ2v) is 5.12. The van der Waals surface area contributed by atoms with Gasteiger partial charge in [-0.1, -0.05) is 32.6 Å². The van der Waals surface area contributed by atoms with Crippen molar-refractivity contribution in [3.63, 3.8) is 0 Å². The predicted octanol–water partition coefficient (Wildman–Crippen LogP) is 2.60. The molecule has 6 heteroatoms. The molecule has 0 fully saturated rings. The van der Waals surface area contributed by atoms with E-state index < -0.39 is 5.91 Å². The molecule has 1 heterocycles. The highest BCUT2D eigenvalue weighted by molar-refractivity contribution is 5.86. The Labute approximate surface area is 137 Å². The molecule has 6 nitrogen and oxygen atoms in total. The largest absolute Gasteiger partial charge is 0.303 e. The third kappa shape index (κ3) is 5.50. The zero-order chi connectivity index (χ0) is 17.2. The fourth-order valence-electron chi connectivity index (χ4n) is 2.31. The molecule has 0 aromatic carbocycles. The van der Waals surface area contributed by atoms with Crippen LogP contribution in [0.1, 0.15) is 37.5 Å². The third-order valence-electron chi connectivity index (χ3n) is 3.49. The molecule has 0 atom stereocenters. The molecular formula is C17H26N4O2. The van der Waals surface area contributed by atoms with Crippen LogP contribution in [0.25, 0.3) is 12.3 Å². The summed E-state index contributed by atoms with van der Waals surface area (Å²) in [6.07, 6.45) is 9.13. The SMILES string of the molecule is C=Cn1c(/C=C/C=C/C(=O)NO)nc(C)c1CN(CC)CCC. The molecule has 0 aliphatic rings. The van der Waals surface area contributed by atoms with Gasteiger partial charge >= 0.3 is 0 Å². The van der Waals surface area contributed by atoms with Crippen molar-refractivity contribution in [3.8, 4) is 0 Å². The number of carbonyl (C=O) groups excluding carboxylic acids is 1. The third-order valence-corrected chi connectivity index (χ3v) is 3.49. The monoisotopic (exact) mass is 318 g/mol. The van der Waals surface area contributed by atoms with Gasteiger partial charge in [-0.2, -0.15) is 0 Å². The van der Waals surface area contributed by atoms with Crippen molar-refractivity contribution in [2.24, 2.45) is 0 Å². The van der Waals surface area contributed by atoms with Crippen molar-refractivity contribution >= 4 is 18.2 Å². The molecule has 1 aromatic heterocycles. The standard InChI is InChI=1S/C17H26N4O2/c1-5-12-20(6-2)13-15-14(4)18-16(21(15)7-3)10-8-9-11-17(22)19-23/h7-11,23H,3,5-6,12-13H2,1-2,4H3,(H,19,22)/b10-8+,11-9+. The summed E-state index contributed by atoms with van der Waals surface area (Å²) >= 11 is 0. The summed E-state index contributed by atoms with van der Waals surface area (Å²) in [5.74, 6) is 0.186. The quantitative estimate of drug-likeness (QED) is 0.318. The normalized spacial score (nSPS) is 11.7. The van der Waals surface area contributed by atoms with E-state index in [2.05, 4.69) is 30.3 Å². The van der Waals surface area contributed by atoms with Crippen molar-refractivity contribution in [1.82, 2.24) is 19.9 Å². The van der Waals surface area contributed by atoms with Crippen LogP contribution in [0.15, 0.2) is 24.8 Å². The number of amides is 1. The average molecular weight is 318 g/mol. The van der Waals surface area contributed by atoms with E-state index in [1.807, 2.05) is 11.5 Å². The van der Waals surface area contributed by atoms with Crippen LogP contribution in [0.5, 0.6) is 0 Å². The Hall–Kier alpha value is -2.18. The first-order chi connectivity index (χ1) is 11.1. The summed E-state index contributed by atoms with van der Waals surface area (Å²) in [6, 6.07) is 0.